The van der Waals surface area contributed by atoms with Crippen LogP contribution in [0.15, 0.2) is 41.6 Å². The van der Waals surface area contributed by atoms with Crippen LogP contribution in [-0.2, 0) is 6.42 Å². The Hall–Kier alpha value is -1.70. The number of fused-ring (bicyclic) bond motifs is 1. The number of pyridine rings is 1. The Morgan fingerprint density at radius 2 is 2.43 bits per heavy atom. The lowest BCUT2D eigenvalue weighted by atomic mass is 10.2. The van der Waals surface area contributed by atoms with Crippen LogP contribution in [0.5, 0.6) is 0 Å². The Kier molecular flexibility index (Phi) is 2.27. The number of rotatable bonds is 2. The van der Waals surface area contributed by atoms with E-state index in [1.54, 1.807) is 18.5 Å². The van der Waals surface area contributed by atoms with E-state index in [0.29, 0.717) is 0 Å². The van der Waals surface area contributed by atoms with Crippen LogP contribution in [0, 0.1) is 0 Å². The molecule has 0 spiro atoms. The van der Waals surface area contributed by atoms with Crippen molar-refractivity contribution in [3.05, 3.63) is 47.8 Å². The average Bonchev–Trinajstić information content (AvgIpc) is 2.51. The predicted octanol–water partition coefficient (Wildman–Crippen LogP) is 2.63. The van der Waals surface area contributed by atoms with Crippen molar-refractivity contribution in [3.8, 4) is 0 Å². The molecule has 0 fully saturated rings. The smallest absolute Gasteiger partial charge is 0.0920 e. The maximum Gasteiger partial charge on any atom is 0.0920 e. The molecule has 0 amide bonds. The molecule has 14 heavy (non-hydrogen) atoms. The van der Waals surface area contributed by atoms with Gasteiger partial charge in [-0.3, -0.25) is 9.98 Å². The van der Waals surface area contributed by atoms with Gasteiger partial charge in [0.2, 0.25) is 0 Å². The zero-order valence-electron chi connectivity index (χ0n) is 8.20. The van der Waals surface area contributed by atoms with E-state index in [1.807, 2.05) is 6.07 Å². The molecule has 1 aromatic rings. The third kappa shape index (κ3) is 1.39. The first kappa shape index (κ1) is 8.88. The molecule has 0 atom stereocenters. The number of hydrogen-bond donors (Lipinski definition) is 0. The van der Waals surface area contributed by atoms with Gasteiger partial charge in [0.1, 0.15) is 0 Å². The van der Waals surface area contributed by atoms with Gasteiger partial charge in [0.05, 0.1) is 11.4 Å². The molecule has 1 heterocycles. The normalized spacial score (nSPS) is 14.9. The van der Waals surface area contributed by atoms with Crippen LogP contribution < -0.4 is 0 Å². The summed E-state index contributed by atoms with van der Waals surface area (Å²) < 4.78 is 0. The Morgan fingerprint density at radius 1 is 1.57 bits per heavy atom. The van der Waals surface area contributed by atoms with Crippen molar-refractivity contribution in [2.75, 3.05) is 0 Å². The maximum atomic E-state index is 4.34. The summed E-state index contributed by atoms with van der Waals surface area (Å²) in [5, 5.41) is 0. The van der Waals surface area contributed by atoms with Crippen LogP contribution in [0.2, 0.25) is 0 Å². The van der Waals surface area contributed by atoms with E-state index >= 15 is 0 Å². The highest BCUT2D eigenvalue weighted by atomic mass is 14.8. The molecule has 0 aromatic carbocycles. The Balaban J connectivity index is 2.45. The van der Waals surface area contributed by atoms with Crippen molar-refractivity contribution in [1.82, 2.24) is 4.98 Å². The van der Waals surface area contributed by atoms with Gasteiger partial charge in [-0.25, -0.2) is 0 Å². The van der Waals surface area contributed by atoms with E-state index in [2.05, 4.69) is 29.5 Å². The molecule has 0 aliphatic heterocycles. The second-order valence-corrected chi connectivity index (χ2v) is 3.33. The number of nitrogens with zero attached hydrogens (tertiary/aromatic N) is 2. The van der Waals surface area contributed by atoms with E-state index < -0.39 is 0 Å². The first-order chi connectivity index (χ1) is 6.83. The monoisotopic (exact) mass is 184 g/mol. The van der Waals surface area contributed by atoms with Gasteiger partial charge in [0.15, 0.2) is 0 Å². The van der Waals surface area contributed by atoms with Gasteiger partial charge in [-0.05, 0) is 30.5 Å². The fraction of sp³-hybridized carbons (Fsp3) is 0.167. The highest BCUT2D eigenvalue weighted by Gasteiger charge is 2.18. The van der Waals surface area contributed by atoms with Crippen molar-refractivity contribution in [1.29, 1.82) is 0 Å². The van der Waals surface area contributed by atoms with E-state index in [9.17, 15) is 0 Å². The minimum absolute atomic E-state index is 0.965. The summed E-state index contributed by atoms with van der Waals surface area (Å²) in [6.45, 7) is 5.71. The Labute approximate surface area is 83.7 Å². The Bertz CT molecular complexity index is 428. The van der Waals surface area contributed by atoms with Crippen LogP contribution in [0.1, 0.15) is 18.2 Å². The number of hydrogen-bond acceptors (Lipinski definition) is 2. The van der Waals surface area contributed by atoms with Gasteiger partial charge in [-0.15, -0.1) is 0 Å². The molecule has 0 saturated carbocycles. The molecular formula is C12H12N2. The van der Waals surface area contributed by atoms with Crippen LogP contribution in [0.25, 0.3) is 5.70 Å². The Morgan fingerprint density at radius 3 is 3.21 bits per heavy atom. The average molecular weight is 184 g/mol. The fourth-order valence-electron chi connectivity index (χ4n) is 1.66. The van der Waals surface area contributed by atoms with Crippen LogP contribution in [0.3, 0.4) is 0 Å². The summed E-state index contributed by atoms with van der Waals surface area (Å²) in [7, 11) is 0. The number of allylic oxidation sites excluding steroid dienone is 2. The van der Waals surface area contributed by atoms with Crippen LogP contribution >= 0.6 is 0 Å². The molecule has 1 aliphatic carbocycles. The summed E-state index contributed by atoms with van der Waals surface area (Å²) in [5.41, 5.74) is 4.56. The van der Waals surface area contributed by atoms with Crippen molar-refractivity contribution >= 4 is 11.9 Å². The quantitative estimate of drug-likeness (QED) is 0.648. The van der Waals surface area contributed by atoms with Gasteiger partial charge in [0, 0.05) is 12.4 Å². The second kappa shape index (κ2) is 3.58. The van der Waals surface area contributed by atoms with Gasteiger partial charge in [-0.1, -0.05) is 18.7 Å². The lowest BCUT2D eigenvalue weighted by molar-refractivity contribution is 1.16. The zero-order valence-corrected chi connectivity index (χ0v) is 8.20. The summed E-state index contributed by atoms with van der Waals surface area (Å²) in [6.07, 6.45) is 6.16. The van der Waals surface area contributed by atoms with E-state index in [4.69, 9.17) is 0 Å². The molecule has 70 valence electrons. The largest absolute Gasteiger partial charge is 0.255 e. The lowest BCUT2D eigenvalue weighted by Crippen LogP contribution is -1.86. The minimum Gasteiger partial charge on any atom is -0.255 e. The van der Waals surface area contributed by atoms with Gasteiger partial charge >= 0.3 is 0 Å². The molecule has 0 bridgehead atoms. The lowest BCUT2D eigenvalue weighted by Gasteiger charge is -1.97. The van der Waals surface area contributed by atoms with Crippen molar-refractivity contribution < 1.29 is 0 Å². The van der Waals surface area contributed by atoms with Crippen LogP contribution in [-0.4, -0.2) is 11.2 Å². The summed E-state index contributed by atoms with van der Waals surface area (Å²) in [5.74, 6) is 0. The molecule has 1 aliphatic rings. The predicted molar refractivity (Wildman–Crippen MR) is 59.2 cm³/mol. The van der Waals surface area contributed by atoms with Crippen LogP contribution in [0.4, 0.5) is 0 Å². The summed E-state index contributed by atoms with van der Waals surface area (Å²) >= 11 is 0. The fourth-order valence-corrected chi connectivity index (χ4v) is 1.66. The van der Waals surface area contributed by atoms with E-state index in [1.165, 1.54) is 11.1 Å². The third-order valence-electron chi connectivity index (χ3n) is 2.28. The molecule has 1 aromatic heterocycles. The van der Waals surface area contributed by atoms with E-state index in [0.717, 1.165) is 17.8 Å². The van der Waals surface area contributed by atoms with Crippen molar-refractivity contribution in [3.63, 3.8) is 0 Å². The van der Waals surface area contributed by atoms with Crippen molar-refractivity contribution in [2.24, 2.45) is 4.99 Å². The van der Waals surface area contributed by atoms with Gasteiger partial charge in [-0.2, -0.15) is 0 Å². The van der Waals surface area contributed by atoms with E-state index in [-0.39, 0.29) is 0 Å². The first-order valence-electron chi connectivity index (χ1n) is 4.62. The number of aliphatic imine (C=N–C) groups is 1. The highest BCUT2D eigenvalue weighted by molar-refractivity contribution is 5.82. The standard InChI is InChI=1S/C12H12N2/c1-3-6-13-11-9(2)8-10-5-4-7-14-12(10)11/h3-7H,1,8H2,2H3. The highest BCUT2D eigenvalue weighted by Crippen LogP contribution is 2.31. The summed E-state index contributed by atoms with van der Waals surface area (Å²) in [6, 6.07) is 4.06. The molecule has 2 nitrogen and oxygen atoms in total. The van der Waals surface area contributed by atoms with Crippen molar-refractivity contribution in [2.45, 2.75) is 13.3 Å². The first-order valence-corrected chi connectivity index (χ1v) is 4.62. The maximum absolute atomic E-state index is 4.34. The zero-order chi connectivity index (χ0) is 9.97. The molecule has 0 saturated heterocycles. The number of aromatic nitrogens is 1. The van der Waals surface area contributed by atoms with Gasteiger partial charge in [0.25, 0.3) is 0 Å². The molecular weight excluding hydrogens is 172 g/mol. The summed E-state index contributed by atoms with van der Waals surface area (Å²) in [4.78, 5) is 8.68. The SMILES string of the molecule is C=CC=NC1=C(C)Cc2cccnc21. The third-order valence-corrected chi connectivity index (χ3v) is 2.28. The molecule has 0 N–H and O–H groups in total. The molecule has 0 unspecified atom stereocenters. The topological polar surface area (TPSA) is 25.2 Å². The minimum atomic E-state index is 0.965. The molecule has 2 rings (SSSR count). The molecule has 0 radical (unpaired) electrons. The second-order valence-electron chi connectivity index (χ2n) is 3.33. The van der Waals surface area contributed by atoms with Gasteiger partial charge < -0.3 is 0 Å². The molecule has 2 heteroatoms.